The van der Waals surface area contributed by atoms with Gasteiger partial charge in [0.2, 0.25) is 0 Å². The summed E-state index contributed by atoms with van der Waals surface area (Å²) in [5, 5.41) is 8.09. The van der Waals surface area contributed by atoms with Gasteiger partial charge in [-0.3, -0.25) is 9.59 Å². The lowest BCUT2D eigenvalue weighted by Gasteiger charge is -2.19. The third-order valence-corrected chi connectivity index (χ3v) is 5.33. The van der Waals surface area contributed by atoms with Crippen molar-refractivity contribution in [3.63, 3.8) is 0 Å². The molecule has 0 aliphatic heterocycles. The maximum absolute atomic E-state index is 13.2. The number of fused-ring (bicyclic) bond motifs is 1. The van der Waals surface area contributed by atoms with E-state index >= 15 is 0 Å². The van der Waals surface area contributed by atoms with Crippen LogP contribution >= 0.6 is 0 Å². The van der Waals surface area contributed by atoms with Crippen molar-refractivity contribution in [2.24, 2.45) is 7.05 Å². The lowest BCUT2D eigenvalue weighted by Crippen LogP contribution is -2.26. The van der Waals surface area contributed by atoms with Crippen LogP contribution in [-0.2, 0) is 13.2 Å². The number of nitrogens with one attached hydrogen (secondary N) is 1. The number of benzene rings is 1. The van der Waals surface area contributed by atoms with E-state index in [9.17, 15) is 22.8 Å². The van der Waals surface area contributed by atoms with Crippen molar-refractivity contribution in [2.75, 3.05) is 5.32 Å². The molecule has 0 unspecified atom stereocenters. The topological polar surface area (TPSA) is 68.9 Å². The quantitative estimate of drug-likeness (QED) is 0.697. The van der Waals surface area contributed by atoms with Crippen molar-refractivity contribution < 1.29 is 13.2 Å². The van der Waals surface area contributed by atoms with Crippen LogP contribution in [0.2, 0.25) is 0 Å². The van der Waals surface area contributed by atoms with Gasteiger partial charge in [-0.05, 0) is 44.4 Å². The lowest BCUT2D eigenvalue weighted by atomic mass is 10.0. The number of pyridine rings is 1. The van der Waals surface area contributed by atoms with Crippen LogP contribution < -0.4 is 16.4 Å². The van der Waals surface area contributed by atoms with E-state index in [1.54, 1.807) is 30.7 Å². The molecule has 1 aromatic carbocycles. The second kappa shape index (κ2) is 7.00. The van der Waals surface area contributed by atoms with Gasteiger partial charge in [-0.2, -0.15) is 18.3 Å². The van der Waals surface area contributed by atoms with Gasteiger partial charge >= 0.3 is 6.18 Å². The molecule has 158 valence electrons. The first-order valence-corrected chi connectivity index (χ1v) is 9.63. The van der Waals surface area contributed by atoms with E-state index in [0.29, 0.717) is 22.3 Å². The first-order chi connectivity index (χ1) is 14.0. The van der Waals surface area contributed by atoms with E-state index in [1.807, 2.05) is 0 Å². The van der Waals surface area contributed by atoms with E-state index in [2.05, 4.69) is 10.4 Å². The molecule has 0 bridgehead atoms. The number of halogens is 3. The molecule has 0 amide bonds. The molecule has 1 atom stereocenters. The number of hydrogen-bond donors (Lipinski definition) is 1. The van der Waals surface area contributed by atoms with Gasteiger partial charge in [0.15, 0.2) is 5.82 Å². The summed E-state index contributed by atoms with van der Waals surface area (Å²) >= 11 is 0. The summed E-state index contributed by atoms with van der Waals surface area (Å²) in [7, 11) is 1.47. The fraction of sp³-hybridized carbons (Fsp3) is 0.381. The van der Waals surface area contributed by atoms with Crippen molar-refractivity contribution >= 4 is 16.6 Å². The summed E-state index contributed by atoms with van der Waals surface area (Å²) in [6.07, 6.45) is -1.03. The van der Waals surface area contributed by atoms with Gasteiger partial charge in [-0.25, -0.2) is 4.68 Å². The summed E-state index contributed by atoms with van der Waals surface area (Å²) in [6.45, 7) is 3.34. The zero-order valence-electron chi connectivity index (χ0n) is 16.7. The van der Waals surface area contributed by atoms with Crippen LogP contribution in [0.4, 0.5) is 19.0 Å². The van der Waals surface area contributed by atoms with Crippen LogP contribution in [0.1, 0.15) is 48.5 Å². The van der Waals surface area contributed by atoms with Gasteiger partial charge < -0.3 is 9.88 Å². The van der Waals surface area contributed by atoms with Gasteiger partial charge in [0.05, 0.1) is 17.0 Å². The summed E-state index contributed by atoms with van der Waals surface area (Å²) in [5.74, 6) is 0.337. The van der Waals surface area contributed by atoms with Crippen LogP contribution in [0.25, 0.3) is 10.8 Å². The molecule has 1 aliphatic rings. The first-order valence-electron chi connectivity index (χ1n) is 9.63. The molecule has 30 heavy (non-hydrogen) atoms. The molecular weight excluding hydrogens is 397 g/mol. The number of anilines is 1. The molecule has 1 saturated carbocycles. The predicted molar refractivity (Wildman–Crippen MR) is 108 cm³/mol. The molecule has 1 fully saturated rings. The Bertz CT molecular complexity index is 1260. The average Bonchev–Trinajstić information content (AvgIpc) is 3.49. The highest BCUT2D eigenvalue weighted by Crippen LogP contribution is 2.35. The van der Waals surface area contributed by atoms with E-state index in [-0.39, 0.29) is 17.0 Å². The maximum Gasteiger partial charge on any atom is 0.416 e. The molecule has 9 heteroatoms. The number of rotatable bonds is 4. The van der Waals surface area contributed by atoms with E-state index < -0.39 is 23.3 Å². The summed E-state index contributed by atoms with van der Waals surface area (Å²) in [6, 6.07) is 4.79. The Kier molecular flexibility index (Phi) is 4.71. The Morgan fingerprint density at radius 1 is 1.13 bits per heavy atom. The van der Waals surface area contributed by atoms with E-state index in [0.717, 1.165) is 29.7 Å². The summed E-state index contributed by atoms with van der Waals surface area (Å²) in [4.78, 5) is 24.9. The number of aromatic nitrogens is 3. The van der Waals surface area contributed by atoms with Crippen molar-refractivity contribution in [2.45, 2.75) is 44.9 Å². The Morgan fingerprint density at radius 3 is 2.47 bits per heavy atom. The second-order valence-electron chi connectivity index (χ2n) is 7.85. The summed E-state index contributed by atoms with van der Waals surface area (Å²) < 4.78 is 42.3. The van der Waals surface area contributed by atoms with Gasteiger partial charge in [-0.15, -0.1) is 0 Å². The van der Waals surface area contributed by atoms with Crippen molar-refractivity contribution in [1.29, 1.82) is 0 Å². The van der Waals surface area contributed by atoms with Crippen LogP contribution in [0.15, 0.2) is 40.1 Å². The SMILES string of the molecule is Cc1cc([C@H](C)Nc2nn(C)c(=O)c3cc(=O)n(C4CC4)cc23)cc(C(F)(F)F)c1. The molecule has 6 nitrogen and oxygen atoms in total. The Morgan fingerprint density at radius 2 is 1.83 bits per heavy atom. The van der Waals surface area contributed by atoms with Crippen molar-refractivity contribution in [1.82, 2.24) is 14.3 Å². The number of hydrogen-bond acceptors (Lipinski definition) is 4. The fourth-order valence-corrected chi connectivity index (χ4v) is 3.60. The Hall–Kier alpha value is -3.10. The molecule has 2 aromatic heterocycles. The monoisotopic (exact) mass is 418 g/mol. The van der Waals surface area contributed by atoms with Crippen molar-refractivity contribution in [3.8, 4) is 0 Å². The normalized spacial score (nSPS) is 15.4. The van der Waals surface area contributed by atoms with Crippen LogP contribution in [0.3, 0.4) is 0 Å². The minimum absolute atomic E-state index is 0.113. The molecule has 1 N–H and O–H groups in total. The molecular formula is C21H21F3N4O2. The first kappa shape index (κ1) is 20.2. The second-order valence-corrected chi connectivity index (χ2v) is 7.85. The molecule has 0 saturated heterocycles. The standard InChI is InChI=1S/C21H21F3N4O2/c1-11-6-13(8-14(7-11)21(22,23)24)12(2)25-19-17-10-28(15-4-5-15)18(29)9-16(17)20(30)27(3)26-19/h6-10,12,15H,4-5H2,1-3H3,(H,25,26)/t12-/m0/s1. The Balaban J connectivity index is 1.79. The highest BCUT2D eigenvalue weighted by molar-refractivity contribution is 5.90. The fourth-order valence-electron chi connectivity index (χ4n) is 3.60. The summed E-state index contributed by atoms with van der Waals surface area (Å²) in [5.41, 5.74) is -0.429. The van der Waals surface area contributed by atoms with Crippen LogP contribution in [-0.4, -0.2) is 14.3 Å². The van der Waals surface area contributed by atoms with Crippen LogP contribution in [0.5, 0.6) is 0 Å². The highest BCUT2D eigenvalue weighted by Gasteiger charge is 2.31. The highest BCUT2D eigenvalue weighted by atomic mass is 19.4. The van der Waals surface area contributed by atoms with Gasteiger partial charge in [0, 0.05) is 30.7 Å². The zero-order valence-corrected chi connectivity index (χ0v) is 16.7. The van der Waals surface area contributed by atoms with Gasteiger partial charge in [-0.1, -0.05) is 11.6 Å². The molecule has 1 aliphatic carbocycles. The molecule has 4 rings (SSSR count). The third-order valence-electron chi connectivity index (χ3n) is 5.33. The molecule has 0 spiro atoms. The maximum atomic E-state index is 13.2. The molecule has 0 radical (unpaired) electrons. The van der Waals surface area contributed by atoms with Gasteiger partial charge in [0.25, 0.3) is 11.1 Å². The number of nitrogens with zero attached hydrogens (tertiary/aromatic N) is 3. The number of alkyl halides is 3. The van der Waals surface area contributed by atoms with E-state index in [1.165, 1.54) is 13.1 Å². The Labute approximate surface area is 170 Å². The average molecular weight is 418 g/mol. The minimum atomic E-state index is -4.44. The zero-order chi connectivity index (χ0) is 21.8. The van der Waals surface area contributed by atoms with Crippen molar-refractivity contribution in [3.05, 3.63) is 67.9 Å². The largest absolute Gasteiger partial charge is 0.416 e. The number of aryl methyl sites for hydroxylation is 2. The minimum Gasteiger partial charge on any atom is -0.362 e. The smallest absolute Gasteiger partial charge is 0.362 e. The molecule has 3 aromatic rings. The molecule has 2 heterocycles. The predicted octanol–water partition coefficient (Wildman–Crippen LogP) is 3.93. The van der Waals surface area contributed by atoms with Gasteiger partial charge in [0.1, 0.15) is 0 Å². The van der Waals surface area contributed by atoms with E-state index in [4.69, 9.17) is 0 Å². The lowest BCUT2D eigenvalue weighted by molar-refractivity contribution is -0.137. The van der Waals surface area contributed by atoms with Crippen LogP contribution in [0, 0.1) is 6.92 Å². The third kappa shape index (κ3) is 3.71.